The predicted molar refractivity (Wildman–Crippen MR) is 55.3 cm³/mol. The molecule has 3 nitrogen and oxygen atoms in total. The Labute approximate surface area is 81.1 Å². The summed E-state index contributed by atoms with van der Waals surface area (Å²) in [5.41, 5.74) is 5.58. The summed E-state index contributed by atoms with van der Waals surface area (Å²) in [7, 11) is 0. The molecule has 13 heavy (non-hydrogen) atoms. The standard InChI is InChI=1S/C10H22N2O/c1-5-9(11)10(13)12-8(4)6-7(2)3/h7-9H,5-6,11H2,1-4H3,(H,12,13)/t8?,9-/m1/s1. The number of hydrogen-bond acceptors (Lipinski definition) is 2. The number of rotatable bonds is 5. The number of nitrogens with two attached hydrogens (primary N) is 1. The Bertz CT molecular complexity index is 157. The van der Waals surface area contributed by atoms with Gasteiger partial charge in [0.15, 0.2) is 0 Å². The molecule has 1 amide bonds. The van der Waals surface area contributed by atoms with Crippen molar-refractivity contribution < 1.29 is 4.79 Å². The Balaban J connectivity index is 3.77. The van der Waals surface area contributed by atoms with Crippen LogP contribution in [0.4, 0.5) is 0 Å². The average Bonchev–Trinajstić information content (AvgIpc) is 2.01. The Kier molecular flexibility index (Phi) is 5.71. The highest BCUT2D eigenvalue weighted by molar-refractivity contribution is 5.81. The molecule has 0 aliphatic heterocycles. The van der Waals surface area contributed by atoms with Crippen molar-refractivity contribution in [2.24, 2.45) is 11.7 Å². The van der Waals surface area contributed by atoms with Gasteiger partial charge in [0.25, 0.3) is 0 Å². The SMILES string of the molecule is CC[C@@H](N)C(=O)NC(C)CC(C)C. The first-order valence-electron chi connectivity index (χ1n) is 5.03. The van der Waals surface area contributed by atoms with Gasteiger partial charge in [-0.1, -0.05) is 20.8 Å². The molecule has 0 aliphatic rings. The molecule has 0 saturated heterocycles. The second kappa shape index (κ2) is 5.97. The molecule has 0 rings (SSSR count). The number of amides is 1. The molecule has 3 heteroatoms. The lowest BCUT2D eigenvalue weighted by Gasteiger charge is -2.18. The van der Waals surface area contributed by atoms with E-state index in [-0.39, 0.29) is 18.0 Å². The van der Waals surface area contributed by atoms with Crippen LogP contribution >= 0.6 is 0 Å². The molecule has 0 fully saturated rings. The van der Waals surface area contributed by atoms with Crippen molar-refractivity contribution in [3.63, 3.8) is 0 Å². The Morgan fingerprint density at radius 3 is 2.31 bits per heavy atom. The largest absolute Gasteiger partial charge is 0.352 e. The van der Waals surface area contributed by atoms with Gasteiger partial charge in [-0.15, -0.1) is 0 Å². The number of carbonyl (C=O) groups excluding carboxylic acids is 1. The highest BCUT2D eigenvalue weighted by atomic mass is 16.2. The summed E-state index contributed by atoms with van der Waals surface area (Å²) >= 11 is 0. The number of nitrogens with one attached hydrogen (secondary N) is 1. The van der Waals surface area contributed by atoms with Crippen LogP contribution in [0.5, 0.6) is 0 Å². The molecule has 0 saturated carbocycles. The third-order valence-electron chi connectivity index (χ3n) is 1.99. The fraction of sp³-hybridized carbons (Fsp3) is 0.900. The Hall–Kier alpha value is -0.570. The van der Waals surface area contributed by atoms with Crippen LogP contribution in [0.15, 0.2) is 0 Å². The van der Waals surface area contributed by atoms with Crippen molar-refractivity contribution in [3.8, 4) is 0 Å². The molecule has 0 heterocycles. The third kappa shape index (κ3) is 5.64. The third-order valence-corrected chi connectivity index (χ3v) is 1.99. The van der Waals surface area contributed by atoms with Crippen LogP contribution < -0.4 is 11.1 Å². The predicted octanol–water partition coefficient (Wildman–Crippen LogP) is 1.27. The van der Waals surface area contributed by atoms with E-state index in [0.717, 1.165) is 6.42 Å². The van der Waals surface area contributed by atoms with Crippen molar-refractivity contribution in [1.82, 2.24) is 5.32 Å². The summed E-state index contributed by atoms with van der Waals surface area (Å²) < 4.78 is 0. The molecule has 0 spiro atoms. The van der Waals surface area contributed by atoms with Crippen molar-refractivity contribution in [2.75, 3.05) is 0 Å². The van der Waals surface area contributed by atoms with Gasteiger partial charge in [0.2, 0.25) is 5.91 Å². The zero-order valence-electron chi connectivity index (χ0n) is 9.13. The van der Waals surface area contributed by atoms with Gasteiger partial charge in [-0.2, -0.15) is 0 Å². The van der Waals surface area contributed by atoms with Crippen LogP contribution in [0.1, 0.15) is 40.5 Å². The van der Waals surface area contributed by atoms with Gasteiger partial charge < -0.3 is 11.1 Å². The molecule has 0 aromatic heterocycles. The molecule has 0 bridgehead atoms. The zero-order chi connectivity index (χ0) is 10.4. The summed E-state index contributed by atoms with van der Waals surface area (Å²) in [6.07, 6.45) is 1.70. The first kappa shape index (κ1) is 12.4. The summed E-state index contributed by atoms with van der Waals surface area (Å²) in [6.45, 7) is 8.21. The molecular formula is C10H22N2O. The highest BCUT2D eigenvalue weighted by Gasteiger charge is 2.13. The molecule has 1 unspecified atom stereocenters. The quantitative estimate of drug-likeness (QED) is 0.679. The summed E-state index contributed by atoms with van der Waals surface area (Å²) in [4.78, 5) is 11.3. The van der Waals surface area contributed by atoms with E-state index in [2.05, 4.69) is 19.2 Å². The van der Waals surface area contributed by atoms with Crippen LogP contribution in [0.2, 0.25) is 0 Å². The van der Waals surface area contributed by atoms with Crippen LogP contribution in [-0.2, 0) is 4.79 Å². The van der Waals surface area contributed by atoms with Crippen LogP contribution in [-0.4, -0.2) is 18.0 Å². The van der Waals surface area contributed by atoms with Gasteiger partial charge >= 0.3 is 0 Å². The van der Waals surface area contributed by atoms with Gasteiger partial charge in [-0.3, -0.25) is 4.79 Å². The minimum Gasteiger partial charge on any atom is -0.352 e. The maximum Gasteiger partial charge on any atom is 0.237 e. The molecule has 0 aliphatic carbocycles. The van der Waals surface area contributed by atoms with E-state index in [1.165, 1.54) is 0 Å². The molecule has 0 radical (unpaired) electrons. The number of hydrogen-bond donors (Lipinski definition) is 2. The monoisotopic (exact) mass is 186 g/mol. The first-order valence-corrected chi connectivity index (χ1v) is 5.03. The Morgan fingerprint density at radius 2 is 1.92 bits per heavy atom. The summed E-state index contributed by atoms with van der Waals surface area (Å²) in [5, 5.41) is 2.90. The van der Waals surface area contributed by atoms with Gasteiger partial charge in [0.1, 0.15) is 0 Å². The van der Waals surface area contributed by atoms with E-state index < -0.39 is 0 Å². The van der Waals surface area contributed by atoms with Gasteiger partial charge in [-0.25, -0.2) is 0 Å². The van der Waals surface area contributed by atoms with E-state index in [1.807, 2.05) is 13.8 Å². The summed E-state index contributed by atoms with van der Waals surface area (Å²) in [5.74, 6) is 0.573. The minimum absolute atomic E-state index is 0.0318. The molecule has 0 aromatic rings. The van der Waals surface area contributed by atoms with Crippen LogP contribution in [0.3, 0.4) is 0 Å². The van der Waals surface area contributed by atoms with Crippen molar-refractivity contribution in [3.05, 3.63) is 0 Å². The van der Waals surface area contributed by atoms with Gasteiger partial charge in [0.05, 0.1) is 6.04 Å². The summed E-state index contributed by atoms with van der Waals surface area (Å²) in [6, 6.07) is -0.125. The lowest BCUT2D eigenvalue weighted by atomic mass is 10.0. The topological polar surface area (TPSA) is 55.1 Å². The second-order valence-corrected chi connectivity index (χ2v) is 4.05. The van der Waals surface area contributed by atoms with Crippen LogP contribution in [0.25, 0.3) is 0 Å². The van der Waals surface area contributed by atoms with E-state index in [9.17, 15) is 4.79 Å². The fourth-order valence-corrected chi connectivity index (χ4v) is 1.30. The lowest BCUT2D eigenvalue weighted by molar-refractivity contribution is -0.123. The molecule has 3 N–H and O–H groups in total. The zero-order valence-corrected chi connectivity index (χ0v) is 9.13. The van der Waals surface area contributed by atoms with Gasteiger partial charge in [-0.05, 0) is 25.7 Å². The smallest absolute Gasteiger partial charge is 0.237 e. The number of carbonyl (C=O) groups is 1. The maximum absolute atomic E-state index is 11.3. The highest BCUT2D eigenvalue weighted by Crippen LogP contribution is 2.03. The van der Waals surface area contributed by atoms with E-state index >= 15 is 0 Å². The second-order valence-electron chi connectivity index (χ2n) is 4.05. The molecular weight excluding hydrogens is 164 g/mol. The average molecular weight is 186 g/mol. The van der Waals surface area contributed by atoms with Crippen LogP contribution in [0, 0.1) is 5.92 Å². The maximum atomic E-state index is 11.3. The van der Waals surface area contributed by atoms with Crippen molar-refractivity contribution >= 4 is 5.91 Å². The Morgan fingerprint density at radius 1 is 1.38 bits per heavy atom. The van der Waals surface area contributed by atoms with Crippen molar-refractivity contribution in [1.29, 1.82) is 0 Å². The first-order chi connectivity index (χ1) is 5.97. The molecule has 2 atom stereocenters. The van der Waals surface area contributed by atoms with Gasteiger partial charge in [0, 0.05) is 6.04 Å². The van der Waals surface area contributed by atoms with E-state index in [0.29, 0.717) is 12.3 Å². The molecule has 78 valence electrons. The van der Waals surface area contributed by atoms with E-state index in [4.69, 9.17) is 5.73 Å². The fourth-order valence-electron chi connectivity index (χ4n) is 1.30. The normalized spacial score (nSPS) is 15.5. The van der Waals surface area contributed by atoms with Crippen molar-refractivity contribution in [2.45, 2.75) is 52.6 Å². The van der Waals surface area contributed by atoms with E-state index in [1.54, 1.807) is 0 Å². The molecule has 0 aromatic carbocycles. The lowest BCUT2D eigenvalue weighted by Crippen LogP contribution is -2.44. The minimum atomic E-state index is -0.352.